The van der Waals surface area contributed by atoms with E-state index < -0.39 is 0 Å². The largest absolute Gasteiger partial charge is 0.394 e. The molecule has 0 spiro atoms. The number of hydrogen-bond donors (Lipinski definition) is 2. The van der Waals surface area contributed by atoms with E-state index in [-0.39, 0.29) is 143 Å². The molecule has 14 heavy (non-hydrogen) atoms. The van der Waals surface area contributed by atoms with Gasteiger partial charge in [-0.15, -0.1) is 0 Å². The normalized spacial score (nSPS) is 9.79. The predicted octanol–water partition coefficient (Wildman–Crippen LogP) is 0.911. The molecule has 0 rings (SSSR count). The first kappa shape index (κ1) is 30.8. The Bertz CT molecular complexity index is 122. The summed E-state index contributed by atoms with van der Waals surface area (Å²) in [4.78, 5) is 0. The van der Waals surface area contributed by atoms with Gasteiger partial charge < -0.3 is 10.4 Å². The minimum absolute atomic E-state index is 0. The maximum absolute atomic E-state index is 8.82. The van der Waals surface area contributed by atoms with Crippen LogP contribution < -0.4 is 5.32 Å². The first-order valence-electron chi connectivity index (χ1n) is 3.60. The van der Waals surface area contributed by atoms with E-state index in [1.54, 1.807) is 0 Å². The molecule has 0 saturated heterocycles. The molecule has 0 aliphatic rings. The maximum atomic E-state index is 8.82. The minimum Gasteiger partial charge on any atom is -0.394 e. The fourth-order valence-electron chi connectivity index (χ4n) is 0.753. The van der Waals surface area contributed by atoms with Crippen molar-refractivity contribution in [3.8, 4) is 0 Å². The third-order valence-corrected chi connectivity index (χ3v) is 1.31. The molecule has 0 amide bonds. The second-order valence-corrected chi connectivity index (χ2v) is 2.90. The average molecular weight is 499 g/mol. The van der Waals surface area contributed by atoms with E-state index in [4.69, 9.17) is 5.11 Å². The molecule has 0 fully saturated rings. The zero-order chi connectivity index (χ0) is 8.15. The Morgan fingerprint density at radius 2 is 1.57 bits per heavy atom. The van der Waals surface area contributed by atoms with Crippen LogP contribution in [0.3, 0.4) is 0 Å². The van der Waals surface area contributed by atoms with Crippen molar-refractivity contribution in [1.82, 2.24) is 5.32 Å². The molecule has 0 aromatic rings. The van der Waals surface area contributed by atoms with Gasteiger partial charge >= 0.3 is 0 Å². The second-order valence-electron chi connectivity index (χ2n) is 2.90. The summed E-state index contributed by atoms with van der Waals surface area (Å²) >= 11 is 0. The summed E-state index contributed by atoms with van der Waals surface area (Å²) in [5.41, 5.74) is 0.983. The summed E-state index contributed by atoms with van der Waals surface area (Å²) in [7, 11) is 0. The van der Waals surface area contributed by atoms with E-state index in [0.29, 0.717) is 6.04 Å². The monoisotopic (exact) mass is 499 g/mol. The Labute approximate surface area is 188 Å². The standard InChI is InChI=1S/C8H17NO.4Y/c1-6(2)8(5-10)9-7(3)4;;;;/h7-10H,1,5H2,2-4H3;;;;/t8-;;;;/m0..../s1. The molecule has 6 heteroatoms. The molecule has 2 N–H and O–H groups in total. The number of aliphatic hydroxyl groups excluding tert-OH is 1. The van der Waals surface area contributed by atoms with E-state index in [0.717, 1.165) is 5.57 Å². The van der Waals surface area contributed by atoms with E-state index in [9.17, 15) is 0 Å². The van der Waals surface area contributed by atoms with Crippen molar-refractivity contribution in [2.24, 2.45) is 0 Å². The third kappa shape index (κ3) is 18.4. The van der Waals surface area contributed by atoms with Crippen LogP contribution in [0, 0.1) is 0 Å². The van der Waals surface area contributed by atoms with Gasteiger partial charge in [-0.05, 0) is 6.92 Å². The molecule has 0 bridgehead atoms. The zero-order valence-corrected chi connectivity index (χ0v) is 20.7. The molecule has 0 unspecified atom stereocenters. The van der Waals surface area contributed by atoms with Gasteiger partial charge in [0.05, 0.1) is 12.6 Å². The molecular formula is C8H17NOY4. The average Bonchev–Trinajstić information content (AvgIpc) is 1.81. The first-order valence-corrected chi connectivity index (χ1v) is 3.60. The van der Waals surface area contributed by atoms with Gasteiger partial charge in [0, 0.05) is 137 Å². The van der Waals surface area contributed by atoms with E-state index in [2.05, 4.69) is 11.9 Å². The van der Waals surface area contributed by atoms with Crippen molar-refractivity contribution >= 4 is 0 Å². The second kappa shape index (κ2) is 19.4. The van der Waals surface area contributed by atoms with Crippen molar-refractivity contribution in [3.63, 3.8) is 0 Å². The molecule has 0 aliphatic carbocycles. The molecule has 0 saturated carbocycles. The Kier molecular flexibility index (Phi) is 42.8. The van der Waals surface area contributed by atoms with Crippen molar-refractivity contribution in [2.45, 2.75) is 32.9 Å². The van der Waals surface area contributed by atoms with Crippen LogP contribution in [0.25, 0.3) is 0 Å². The Balaban J connectivity index is -0.0000000675. The topological polar surface area (TPSA) is 32.3 Å². The molecular weight excluding hydrogens is 482 g/mol. The molecule has 0 aliphatic heterocycles. The van der Waals surface area contributed by atoms with Crippen LogP contribution >= 0.6 is 0 Å². The zero-order valence-electron chi connectivity index (χ0n) is 9.33. The minimum atomic E-state index is 0. The van der Waals surface area contributed by atoms with Gasteiger partial charge in [0.1, 0.15) is 0 Å². The van der Waals surface area contributed by atoms with Crippen LogP contribution in [0.5, 0.6) is 0 Å². The summed E-state index contributed by atoms with van der Waals surface area (Å²) < 4.78 is 0. The smallest absolute Gasteiger partial charge is 0.0623 e. The molecule has 1 atom stereocenters. The predicted molar refractivity (Wildman–Crippen MR) is 44.0 cm³/mol. The first-order chi connectivity index (χ1) is 4.57. The van der Waals surface area contributed by atoms with Gasteiger partial charge in [-0.1, -0.05) is 26.0 Å². The van der Waals surface area contributed by atoms with Gasteiger partial charge in [0.2, 0.25) is 0 Å². The fourth-order valence-corrected chi connectivity index (χ4v) is 0.753. The van der Waals surface area contributed by atoms with Gasteiger partial charge in [0.15, 0.2) is 0 Å². The van der Waals surface area contributed by atoms with Crippen LogP contribution in [-0.2, 0) is 131 Å². The quantitative estimate of drug-likeness (QED) is 0.565. The number of rotatable bonds is 4. The van der Waals surface area contributed by atoms with Gasteiger partial charge in [0.25, 0.3) is 0 Å². The van der Waals surface area contributed by atoms with Crippen LogP contribution in [-0.4, -0.2) is 23.8 Å². The van der Waals surface area contributed by atoms with Crippen LogP contribution in [0.2, 0.25) is 0 Å². The van der Waals surface area contributed by atoms with Gasteiger partial charge in [-0.2, -0.15) is 0 Å². The summed E-state index contributed by atoms with van der Waals surface area (Å²) in [6.45, 7) is 9.90. The van der Waals surface area contributed by atoms with Crippen LogP contribution in [0.1, 0.15) is 20.8 Å². The van der Waals surface area contributed by atoms with Crippen LogP contribution in [0.15, 0.2) is 12.2 Å². The van der Waals surface area contributed by atoms with Crippen molar-refractivity contribution < 1.29 is 136 Å². The Hall–Kier alpha value is 4.08. The molecule has 0 aromatic carbocycles. The Morgan fingerprint density at radius 1 is 1.21 bits per heavy atom. The molecule has 0 heterocycles. The molecule has 2 nitrogen and oxygen atoms in total. The van der Waals surface area contributed by atoms with E-state index >= 15 is 0 Å². The summed E-state index contributed by atoms with van der Waals surface area (Å²) in [5.74, 6) is 0. The van der Waals surface area contributed by atoms with Gasteiger partial charge in [-0.25, -0.2) is 0 Å². The fraction of sp³-hybridized carbons (Fsp3) is 0.750. The van der Waals surface area contributed by atoms with Crippen molar-refractivity contribution in [2.75, 3.05) is 6.61 Å². The van der Waals surface area contributed by atoms with E-state index in [1.165, 1.54) is 0 Å². The third-order valence-electron chi connectivity index (χ3n) is 1.31. The molecule has 4 radical (unpaired) electrons. The maximum Gasteiger partial charge on any atom is 0.0623 e. The van der Waals surface area contributed by atoms with Crippen LogP contribution in [0.4, 0.5) is 0 Å². The van der Waals surface area contributed by atoms with E-state index in [1.807, 2.05) is 20.8 Å². The number of hydrogen-bond acceptors (Lipinski definition) is 2. The van der Waals surface area contributed by atoms with Crippen molar-refractivity contribution in [3.05, 3.63) is 12.2 Å². The number of aliphatic hydroxyl groups is 1. The SMILES string of the molecule is C=C(C)[C@H](CO)NC(C)C.[Y].[Y].[Y].[Y]. The Morgan fingerprint density at radius 3 is 1.64 bits per heavy atom. The van der Waals surface area contributed by atoms with Crippen molar-refractivity contribution in [1.29, 1.82) is 0 Å². The summed E-state index contributed by atoms with van der Waals surface area (Å²) in [5, 5.41) is 12.0. The summed E-state index contributed by atoms with van der Waals surface area (Å²) in [6.07, 6.45) is 0. The van der Waals surface area contributed by atoms with Gasteiger partial charge in [-0.3, -0.25) is 0 Å². The molecule has 0 aromatic heterocycles. The number of nitrogens with one attached hydrogen (secondary N) is 1. The molecule has 72 valence electrons. The summed E-state index contributed by atoms with van der Waals surface area (Å²) in [6, 6.07) is 0.453.